The molecule has 1 aliphatic rings. The number of anilines is 2. The highest BCUT2D eigenvalue weighted by molar-refractivity contribution is 6.35. The van der Waals surface area contributed by atoms with Crippen LogP contribution in [0.5, 0.6) is 0 Å². The molecule has 10 heteroatoms. The van der Waals surface area contributed by atoms with Crippen molar-refractivity contribution in [3.63, 3.8) is 0 Å². The molecule has 1 aromatic heterocycles. The van der Waals surface area contributed by atoms with Gasteiger partial charge in [0.25, 0.3) is 0 Å². The number of nitrogens with zero attached hydrogens (tertiary/aromatic N) is 3. The summed E-state index contributed by atoms with van der Waals surface area (Å²) in [5, 5.41) is 4.06. The number of rotatable bonds is 6. The van der Waals surface area contributed by atoms with Crippen LogP contribution >= 0.6 is 11.6 Å². The van der Waals surface area contributed by atoms with Gasteiger partial charge in [-0.1, -0.05) is 23.7 Å². The molecule has 4 rings (SSSR count). The second-order valence-corrected chi connectivity index (χ2v) is 8.81. The second kappa shape index (κ2) is 10.1. The first-order valence-corrected chi connectivity index (χ1v) is 11.5. The van der Waals surface area contributed by atoms with E-state index in [0.29, 0.717) is 42.9 Å². The van der Waals surface area contributed by atoms with Gasteiger partial charge in [-0.3, -0.25) is 14.6 Å². The largest absolute Gasteiger partial charge is 0.418 e. The average molecular weight is 505 g/mol. The Morgan fingerprint density at radius 1 is 1.23 bits per heavy atom. The van der Waals surface area contributed by atoms with Gasteiger partial charge in [0.15, 0.2) is 0 Å². The van der Waals surface area contributed by atoms with E-state index in [2.05, 4.69) is 10.3 Å². The Balaban J connectivity index is 1.48. The van der Waals surface area contributed by atoms with Gasteiger partial charge < -0.3 is 15.1 Å². The molecule has 0 saturated carbocycles. The molecule has 0 radical (unpaired) electrons. The molecule has 35 heavy (non-hydrogen) atoms. The van der Waals surface area contributed by atoms with Crippen LogP contribution in [0.4, 0.5) is 24.5 Å². The van der Waals surface area contributed by atoms with Gasteiger partial charge >= 0.3 is 6.18 Å². The molecule has 1 saturated heterocycles. The van der Waals surface area contributed by atoms with E-state index >= 15 is 0 Å². The highest BCUT2D eigenvalue weighted by Crippen LogP contribution is 2.42. The maximum absolute atomic E-state index is 13.7. The number of halogens is 4. The number of hydrogen-bond donors (Lipinski definition) is 1. The topological polar surface area (TPSA) is 65.5 Å². The Bertz CT molecular complexity index is 1240. The van der Waals surface area contributed by atoms with Crippen LogP contribution in [0.25, 0.3) is 10.9 Å². The number of likely N-dealkylation sites (tertiary alicyclic amines) is 1. The highest BCUT2D eigenvalue weighted by atomic mass is 35.5. The predicted molar refractivity (Wildman–Crippen MR) is 130 cm³/mol. The quantitative estimate of drug-likeness (QED) is 0.472. The van der Waals surface area contributed by atoms with Crippen LogP contribution in [0.2, 0.25) is 5.02 Å². The van der Waals surface area contributed by atoms with Crippen LogP contribution in [0.1, 0.15) is 24.0 Å². The predicted octanol–water partition coefficient (Wildman–Crippen LogP) is 5.15. The lowest BCUT2D eigenvalue weighted by Gasteiger charge is -2.38. The Hall–Kier alpha value is -3.33. The van der Waals surface area contributed by atoms with Gasteiger partial charge in [-0.25, -0.2) is 0 Å². The average Bonchev–Trinajstić information content (AvgIpc) is 2.84. The van der Waals surface area contributed by atoms with Crippen molar-refractivity contribution in [3.05, 3.63) is 64.8 Å². The molecule has 1 N–H and O–H groups in total. The number of piperidine rings is 1. The van der Waals surface area contributed by atoms with Crippen molar-refractivity contribution in [2.45, 2.75) is 31.5 Å². The standard InChI is InChI=1S/C25H24ClF3N4O2/c1-30-21-6-2-5-19(25(27,28)29)24(21)33(15-34)18-7-10-32(11-8-18)22(35)14-16-12-17-4-3-9-31-23(17)20(26)13-16/h2-6,9,12-13,15,18,30H,7-8,10-11,14H2,1H3. The first-order chi connectivity index (χ1) is 16.7. The highest BCUT2D eigenvalue weighted by Gasteiger charge is 2.38. The number of carbonyl (C=O) groups is 2. The van der Waals surface area contributed by atoms with Gasteiger partial charge in [0.2, 0.25) is 12.3 Å². The minimum Gasteiger partial charge on any atom is -0.386 e. The van der Waals surface area contributed by atoms with E-state index < -0.39 is 17.8 Å². The summed E-state index contributed by atoms with van der Waals surface area (Å²) in [4.78, 5) is 32.0. The molecular formula is C25H24ClF3N4O2. The van der Waals surface area contributed by atoms with Crippen molar-refractivity contribution in [3.8, 4) is 0 Å². The fourth-order valence-electron chi connectivity index (χ4n) is 4.56. The third-order valence-corrected chi connectivity index (χ3v) is 6.55. The Morgan fingerprint density at radius 2 is 1.97 bits per heavy atom. The van der Waals surface area contributed by atoms with E-state index in [9.17, 15) is 22.8 Å². The summed E-state index contributed by atoms with van der Waals surface area (Å²) in [6.07, 6.45) is -1.65. The number of aromatic nitrogens is 1. The van der Waals surface area contributed by atoms with Gasteiger partial charge in [-0.15, -0.1) is 0 Å². The van der Waals surface area contributed by atoms with Crippen molar-refractivity contribution in [1.82, 2.24) is 9.88 Å². The van der Waals surface area contributed by atoms with E-state index in [-0.39, 0.29) is 23.7 Å². The third-order valence-electron chi connectivity index (χ3n) is 6.27. The van der Waals surface area contributed by atoms with E-state index in [1.54, 1.807) is 23.2 Å². The molecule has 0 spiro atoms. The molecule has 3 aromatic rings. The van der Waals surface area contributed by atoms with Crippen LogP contribution in [0.3, 0.4) is 0 Å². The van der Waals surface area contributed by atoms with E-state index in [4.69, 9.17) is 11.6 Å². The van der Waals surface area contributed by atoms with Crippen molar-refractivity contribution in [2.75, 3.05) is 30.4 Å². The summed E-state index contributed by atoms with van der Waals surface area (Å²) in [5.74, 6) is -0.105. The number of carbonyl (C=O) groups excluding carboxylic acids is 2. The van der Waals surface area contributed by atoms with Crippen LogP contribution in [0, 0.1) is 0 Å². The first-order valence-electron chi connectivity index (χ1n) is 11.2. The van der Waals surface area contributed by atoms with E-state index in [1.807, 2.05) is 12.1 Å². The molecule has 6 nitrogen and oxygen atoms in total. The fraction of sp³-hybridized carbons (Fsp3) is 0.320. The lowest BCUT2D eigenvalue weighted by Crippen LogP contribution is -2.47. The van der Waals surface area contributed by atoms with Crippen molar-refractivity contribution in [2.24, 2.45) is 0 Å². The number of hydrogen-bond acceptors (Lipinski definition) is 4. The Labute approximate surface area is 205 Å². The molecule has 0 bridgehead atoms. The molecule has 0 unspecified atom stereocenters. The number of pyridine rings is 1. The smallest absolute Gasteiger partial charge is 0.386 e. The number of amides is 2. The third kappa shape index (κ3) is 5.19. The van der Waals surface area contributed by atoms with Gasteiger partial charge in [-0.05, 0) is 48.7 Å². The lowest BCUT2D eigenvalue weighted by molar-refractivity contribution is -0.137. The Kier molecular flexibility index (Phi) is 7.16. The zero-order valence-electron chi connectivity index (χ0n) is 19.0. The zero-order chi connectivity index (χ0) is 25.2. The maximum Gasteiger partial charge on any atom is 0.418 e. The summed E-state index contributed by atoms with van der Waals surface area (Å²) >= 11 is 6.32. The number of alkyl halides is 3. The fourth-order valence-corrected chi connectivity index (χ4v) is 4.86. The molecule has 2 heterocycles. The van der Waals surface area contributed by atoms with Crippen LogP contribution in [-0.2, 0) is 22.2 Å². The van der Waals surface area contributed by atoms with Crippen LogP contribution in [-0.4, -0.2) is 48.4 Å². The number of benzene rings is 2. The second-order valence-electron chi connectivity index (χ2n) is 8.40. The van der Waals surface area contributed by atoms with Crippen LogP contribution in [0.15, 0.2) is 48.7 Å². The lowest BCUT2D eigenvalue weighted by atomic mass is 9.99. The molecule has 1 fully saturated rings. The van der Waals surface area contributed by atoms with Gasteiger partial charge in [0.1, 0.15) is 0 Å². The summed E-state index contributed by atoms with van der Waals surface area (Å²) in [5.41, 5.74) is 0.572. The summed E-state index contributed by atoms with van der Waals surface area (Å²) < 4.78 is 41.1. The molecule has 2 aromatic carbocycles. The minimum atomic E-state index is -4.61. The van der Waals surface area contributed by atoms with Gasteiger partial charge in [0.05, 0.1) is 33.9 Å². The number of para-hydroxylation sites is 1. The monoisotopic (exact) mass is 504 g/mol. The van der Waals surface area contributed by atoms with E-state index in [0.717, 1.165) is 21.9 Å². The number of fused-ring (bicyclic) bond motifs is 1. The first kappa shape index (κ1) is 24.8. The van der Waals surface area contributed by atoms with Crippen molar-refractivity contribution >= 4 is 46.2 Å². The summed E-state index contributed by atoms with van der Waals surface area (Å²) in [7, 11) is 1.51. The maximum atomic E-state index is 13.7. The molecule has 1 aliphatic heterocycles. The molecule has 2 amide bonds. The molecule has 184 valence electrons. The van der Waals surface area contributed by atoms with Crippen LogP contribution < -0.4 is 10.2 Å². The minimum absolute atomic E-state index is 0.105. The molecule has 0 aliphatic carbocycles. The summed E-state index contributed by atoms with van der Waals surface area (Å²) in [6.45, 7) is 0.666. The van der Waals surface area contributed by atoms with Crippen molar-refractivity contribution in [1.29, 1.82) is 0 Å². The van der Waals surface area contributed by atoms with Crippen molar-refractivity contribution < 1.29 is 22.8 Å². The Morgan fingerprint density at radius 3 is 2.63 bits per heavy atom. The normalized spacial score (nSPS) is 14.7. The summed E-state index contributed by atoms with van der Waals surface area (Å²) in [6, 6.07) is 10.6. The van der Waals surface area contributed by atoms with Gasteiger partial charge in [0, 0.05) is 37.8 Å². The number of nitrogens with one attached hydrogen (secondary N) is 1. The van der Waals surface area contributed by atoms with Gasteiger partial charge in [-0.2, -0.15) is 13.2 Å². The SMILES string of the molecule is CNc1cccc(C(F)(F)F)c1N(C=O)C1CCN(C(=O)Cc2cc(Cl)c3ncccc3c2)CC1. The zero-order valence-corrected chi connectivity index (χ0v) is 19.7. The molecule has 0 atom stereocenters. The molecular weight excluding hydrogens is 481 g/mol. The van der Waals surface area contributed by atoms with E-state index in [1.165, 1.54) is 19.2 Å².